The third-order valence-electron chi connectivity index (χ3n) is 3.75. The third kappa shape index (κ3) is 4.48. The number of hydrogen-bond acceptors (Lipinski definition) is 4. The molecule has 0 bridgehead atoms. The van der Waals surface area contributed by atoms with Gasteiger partial charge in [-0.15, -0.1) is 0 Å². The van der Waals surface area contributed by atoms with Gasteiger partial charge in [0.25, 0.3) is 0 Å². The smallest absolute Gasteiger partial charge is 0.236 e. The molecule has 0 saturated carbocycles. The van der Waals surface area contributed by atoms with Crippen molar-refractivity contribution >= 4 is 5.91 Å². The van der Waals surface area contributed by atoms with Gasteiger partial charge < -0.3 is 10.0 Å². The predicted octanol–water partition coefficient (Wildman–Crippen LogP) is 0.984. The van der Waals surface area contributed by atoms with E-state index in [4.69, 9.17) is 5.26 Å². The number of carbonyl (C=O) groups is 1. The number of likely N-dealkylation sites (tertiary alicyclic amines) is 1. The maximum Gasteiger partial charge on any atom is 0.236 e. The first-order valence-electron chi connectivity index (χ1n) is 7.01. The van der Waals surface area contributed by atoms with E-state index >= 15 is 0 Å². The van der Waals surface area contributed by atoms with Crippen molar-refractivity contribution in [3.63, 3.8) is 0 Å². The number of nitrogens with zero attached hydrogens (tertiary/aromatic N) is 3. The molecule has 1 fully saturated rings. The third-order valence-corrected chi connectivity index (χ3v) is 3.75. The molecule has 1 N–H and O–H groups in total. The van der Waals surface area contributed by atoms with Crippen molar-refractivity contribution in [1.82, 2.24) is 9.80 Å². The second-order valence-corrected chi connectivity index (χ2v) is 5.66. The Morgan fingerprint density at radius 1 is 1.58 bits per heavy atom. The number of aliphatic hydroxyl groups is 1. The Labute approximate surface area is 115 Å². The van der Waals surface area contributed by atoms with Gasteiger partial charge >= 0.3 is 0 Å². The molecule has 108 valence electrons. The monoisotopic (exact) mass is 267 g/mol. The Morgan fingerprint density at radius 3 is 2.79 bits per heavy atom. The number of hydrogen-bond donors (Lipinski definition) is 1. The molecule has 1 unspecified atom stereocenters. The molecule has 0 radical (unpaired) electrons. The minimum atomic E-state index is -0.777. The topological polar surface area (TPSA) is 67.6 Å². The molecule has 1 heterocycles. The zero-order chi connectivity index (χ0) is 14.5. The molecule has 0 aromatic rings. The second-order valence-electron chi connectivity index (χ2n) is 5.66. The lowest BCUT2D eigenvalue weighted by atomic mass is 9.97. The van der Waals surface area contributed by atoms with Gasteiger partial charge in [-0.05, 0) is 40.2 Å². The molecule has 1 rings (SSSR count). The van der Waals surface area contributed by atoms with Gasteiger partial charge in [-0.3, -0.25) is 9.69 Å². The molecule has 1 atom stereocenters. The Hall–Kier alpha value is -1.12. The molecular formula is C14H25N3O2. The van der Waals surface area contributed by atoms with Crippen molar-refractivity contribution in [2.45, 2.75) is 51.7 Å². The molecule has 5 nitrogen and oxygen atoms in total. The van der Waals surface area contributed by atoms with E-state index in [9.17, 15) is 9.90 Å². The Morgan fingerprint density at radius 2 is 2.26 bits per heavy atom. The van der Waals surface area contributed by atoms with E-state index in [0.717, 1.165) is 19.4 Å². The van der Waals surface area contributed by atoms with Crippen LogP contribution in [0.25, 0.3) is 0 Å². The van der Waals surface area contributed by atoms with Crippen molar-refractivity contribution in [3.05, 3.63) is 0 Å². The van der Waals surface area contributed by atoms with Crippen molar-refractivity contribution in [1.29, 1.82) is 5.26 Å². The number of rotatable bonds is 6. The van der Waals surface area contributed by atoms with Gasteiger partial charge in [-0.1, -0.05) is 0 Å². The summed E-state index contributed by atoms with van der Waals surface area (Å²) >= 11 is 0. The Kier molecular flexibility index (Phi) is 5.77. The van der Waals surface area contributed by atoms with E-state index in [-0.39, 0.29) is 11.9 Å². The molecule has 1 saturated heterocycles. The van der Waals surface area contributed by atoms with Crippen molar-refractivity contribution < 1.29 is 9.90 Å². The molecule has 5 heteroatoms. The van der Waals surface area contributed by atoms with Gasteiger partial charge in [0.1, 0.15) is 0 Å². The van der Waals surface area contributed by atoms with Gasteiger partial charge in [0, 0.05) is 19.1 Å². The molecular weight excluding hydrogens is 242 g/mol. The summed E-state index contributed by atoms with van der Waals surface area (Å²) in [5, 5.41) is 18.7. The van der Waals surface area contributed by atoms with Crippen LogP contribution in [0.4, 0.5) is 0 Å². The normalized spacial score (nSPS) is 20.3. The summed E-state index contributed by atoms with van der Waals surface area (Å²) in [6.07, 6.45) is 2.32. The summed E-state index contributed by atoms with van der Waals surface area (Å²) in [6, 6.07) is 2.11. The SMILES string of the molecule is CCN(CCC#N)C(=O)CN1CCCC1C(C)(C)O. The zero-order valence-electron chi connectivity index (χ0n) is 12.2. The molecule has 0 aromatic carbocycles. The van der Waals surface area contributed by atoms with Crippen LogP contribution in [0.5, 0.6) is 0 Å². The van der Waals surface area contributed by atoms with Crippen LogP contribution in [0.2, 0.25) is 0 Å². The van der Waals surface area contributed by atoms with Crippen LogP contribution in [-0.2, 0) is 4.79 Å². The van der Waals surface area contributed by atoms with Gasteiger partial charge in [0.2, 0.25) is 5.91 Å². The highest BCUT2D eigenvalue weighted by Gasteiger charge is 2.36. The fraction of sp³-hybridized carbons (Fsp3) is 0.857. The average molecular weight is 267 g/mol. The van der Waals surface area contributed by atoms with E-state index in [1.54, 1.807) is 18.7 Å². The number of amides is 1. The standard InChI is InChI=1S/C14H25N3O2/c1-4-16(10-6-8-15)13(18)11-17-9-5-7-12(17)14(2,3)19/h12,19H,4-7,9-11H2,1-3H3. The van der Waals surface area contributed by atoms with Crippen LogP contribution in [0, 0.1) is 11.3 Å². The zero-order valence-corrected chi connectivity index (χ0v) is 12.2. The highest BCUT2D eigenvalue weighted by atomic mass is 16.3. The van der Waals surface area contributed by atoms with E-state index in [2.05, 4.69) is 11.0 Å². The first-order chi connectivity index (χ1) is 8.90. The quantitative estimate of drug-likeness (QED) is 0.779. The first kappa shape index (κ1) is 15.9. The van der Waals surface area contributed by atoms with Crippen LogP contribution in [-0.4, -0.2) is 58.6 Å². The molecule has 1 amide bonds. The molecule has 19 heavy (non-hydrogen) atoms. The summed E-state index contributed by atoms with van der Waals surface area (Å²) in [6.45, 7) is 7.84. The van der Waals surface area contributed by atoms with Gasteiger partial charge in [-0.25, -0.2) is 0 Å². The van der Waals surface area contributed by atoms with Gasteiger partial charge in [-0.2, -0.15) is 5.26 Å². The van der Waals surface area contributed by atoms with Crippen LogP contribution in [0.15, 0.2) is 0 Å². The summed E-state index contributed by atoms with van der Waals surface area (Å²) < 4.78 is 0. The number of carbonyl (C=O) groups excluding carboxylic acids is 1. The molecule has 1 aliphatic heterocycles. The predicted molar refractivity (Wildman–Crippen MR) is 73.4 cm³/mol. The van der Waals surface area contributed by atoms with Crippen LogP contribution in [0.3, 0.4) is 0 Å². The van der Waals surface area contributed by atoms with Crippen molar-refractivity contribution in [3.8, 4) is 6.07 Å². The van der Waals surface area contributed by atoms with Crippen LogP contribution in [0.1, 0.15) is 40.0 Å². The van der Waals surface area contributed by atoms with Gasteiger partial charge in [0.15, 0.2) is 0 Å². The lowest BCUT2D eigenvalue weighted by Crippen LogP contribution is -2.49. The van der Waals surface area contributed by atoms with E-state index in [0.29, 0.717) is 26.1 Å². The first-order valence-corrected chi connectivity index (χ1v) is 7.01. The fourth-order valence-electron chi connectivity index (χ4n) is 2.73. The lowest BCUT2D eigenvalue weighted by molar-refractivity contribution is -0.133. The number of nitriles is 1. The van der Waals surface area contributed by atoms with Crippen LogP contribution >= 0.6 is 0 Å². The van der Waals surface area contributed by atoms with Crippen molar-refractivity contribution in [2.24, 2.45) is 0 Å². The highest BCUT2D eigenvalue weighted by Crippen LogP contribution is 2.26. The maximum absolute atomic E-state index is 12.2. The lowest BCUT2D eigenvalue weighted by Gasteiger charge is -2.34. The summed E-state index contributed by atoms with van der Waals surface area (Å²) in [4.78, 5) is 16.0. The fourth-order valence-corrected chi connectivity index (χ4v) is 2.73. The summed E-state index contributed by atoms with van der Waals surface area (Å²) in [5.41, 5.74) is -0.777. The van der Waals surface area contributed by atoms with Crippen LogP contribution < -0.4 is 0 Å². The number of likely N-dealkylation sites (N-methyl/N-ethyl adjacent to an activating group) is 1. The van der Waals surface area contributed by atoms with E-state index < -0.39 is 5.60 Å². The summed E-state index contributed by atoms with van der Waals surface area (Å²) in [7, 11) is 0. The minimum Gasteiger partial charge on any atom is -0.389 e. The van der Waals surface area contributed by atoms with E-state index in [1.165, 1.54) is 0 Å². The van der Waals surface area contributed by atoms with Crippen molar-refractivity contribution in [2.75, 3.05) is 26.2 Å². The highest BCUT2D eigenvalue weighted by molar-refractivity contribution is 5.78. The van der Waals surface area contributed by atoms with Gasteiger partial charge in [0.05, 0.1) is 24.6 Å². The minimum absolute atomic E-state index is 0.0473. The average Bonchev–Trinajstić information content (AvgIpc) is 2.78. The summed E-state index contributed by atoms with van der Waals surface area (Å²) in [5.74, 6) is 0.0499. The molecule has 0 aliphatic carbocycles. The Balaban J connectivity index is 2.57. The molecule has 0 spiro atoms. The Bertz CT molecular complexity index is 344. The molecule has 1 aliphatic rings. The largest absolute Gasteiger partial charge is 0.389 e. The second kappa shape index (κ2) is 6.88. The van der Waals surface area contributed by atoms with E-state index in [1.807, 2.05) is 6.92 Å². The molecule has 0 aromatic heterocycles. The maximum atomic E-state index is 12.2.